The van der Waals surface area contributed by atoms with E-state index in [1.807, 2.05) is 25.1 Å². The average Bonchev–Trinajstić information content (AvgIpc) is 2.27. The van der Waals surface area contributed by atoms with Gasteiger partial charge in [-0.3, -0.25) is 0 Å². The first kappa shape index (κ1) is 12.3. The Morgan fingerprint density at radius 2 is 2.00 bits per heavy atom. The molecule has 0 aliphatic heterocycles. The number of hydrogen-bond acceptors (Lipinski definition) is 3. The van der Waals surface area contributed by atoms with Crippen LogP contribution < -0.4 is 4.74 Å². The zero-order valence-electron chi connectivity index (χ0n) is 9.37. The van der Waals surface area contributed by atoms with Crippen molar-refractivity contribution in [3.8, 4) is 17.1 Å². The Bertz CT molecular complexity index is 540. The summed E-state index contributed by atoms with van der Waals surface area (Å²) in [5.74, 6) is 1.38. The van der Waals surface area contributed by atoms with E-state index in [0.717, 1.165) is 21.5 Å². The molecule has 1 heterocycles. The summed E-state index contributed by atoms with van der Waals surface area (Å²) in [5, 5.41) is 0.444. The normalized spacial score (nSPS) is 10.4. The van der Waals surface area contributed by atoms with E-state index >= 15 is 0 Å². The van der Waals surface area contributed by atoms with Gasteiger partial charge in [-0.15, -0.1) is 0 Å². The standard InChI is InChI=1S/C12H10BrClN2O/c1-7-5-11(14)16-12(15-7)8-3-4-10(17-2)9(13)6-8/h3-6H,1-2H3. The van der Waals surface area contributed by atoms with Crippen molar-refractivity contribution in [2.24, 2.45) is 0 Å². The molecule has 1 aromatic carbocycles. The lowest BCUT2D eigenvalue weighted by Gasteiger charge is -2.06. The van der Waals surface area contributed by atoms with Crippen LogP contribution in [0.1, 0.15) is 5.69 Å². The summed E-state index contributed by atoms with van der Waals surface area (Å²) in [6.07, 6.45) is 0. The van der Waals surface area contributed by atoms with Gasteiger partial charge in [0.05, 0.1) is 11.6 Å². The fourth-order valence-electron chi connectivity index (χ4n) is 1.46. The molecular weight excluding hydrogens is 304 g/mol. The molecule has 0 amide bonds. The summed E-state index contributed by atoms with van der Waals surface area (Å²) in [6.45, 7) is 1.88. The van der Waals surface area contributed by atoms with Crippen LogP contribution in [0.4, 0.5) is 0 Å². The van der Waals surface area contributed by atoms with Crippen molar-refractivity contribution in [1.82, 2.24) is 9.97 Å². The number of aryl methyl sites for hydroxylation is 1. The van der Waals surface area contributed by atoms with Crippen LogP contribution >= 0.6 is 27.5 Å². The van der Waals surface area contributed by atoms with Crippen LogP contribution in [0.15, 0.2) is 28.7 Å². The fraction of sp³-hybridized carbons (Fsp3) is 0.167. The highest BCUT2D eigenvalue weighted by atomic mass is 79.9. The van der Waals surface area contributed by atoms with Crippen molar-refractivity contribution in [3.63, 3.8) is 0 Å². The van der Waals surface area contributed by atoms with Gasteiger partial charge < -0.3 is 4.74 Å². The molecule has 0 aliphatic rings. The van der Waals surface area contributed by atoms with E-state index in [2.05, 4.69) is 25.9 Å². The minimum atomic E-state index is 0.444. The van der Waals surface area contributed by atoms with Gasteiger partial charge in [-0.2, -0.15) is 0 Å². The molecule has 0 atom stereocenters. The van der Waals surface area contributed by atoms with Crippen molar-refractivity contribution in [2.45, 2.75) is 6.92 Å². The van der Waals surface area contributed by atoms with E-state index in [1.165, 1.54) is 0 Å². The molecule has 0 unspecified atom stereocenters. The van der Waals surface area contributed by atoms with Crippen LogP contribution in [0.3, 0.4) is 0 Å². The van der Waals surface area contributed by atoms with Crippen molar-refractivity contribution < 1.29 is 4.74 Å². The molecular formula is C12H10BrClN2O. The van der Waals surface area contributed by atoms with Crippen LogP contribution in [0.5, 0.6) is 5.75 Å². The van der Waals surface area contributed by atoms with Gasteiger partial charge >= 0.3 is 0 Å². The second-order valence-electron chi connectivity index (χ2n) is 3.50. The monoisotopic (exact) mass is 312 g/mol. The number of rotatable bonds is 2. The Morgan fingerprint density at radius 3 is 2.59 bits per heavy atom. The lowest BCUT2D eigenvalue weighted by Crippen LogP contribution is -1.93. The number of benzene rings is 1. The zero-order valence-corrected chi connectivity index (χ0v) is 11.7. The van der Waals surface area contributed by atoms with Gasteiger partial charge in [-0.25, -0.2) is 9.97 Å². The molecule has 17 heavy (non-hydrogen) atoms. The second kappa shape index (κ2) is 5.02. The number of aromatic nitrogens is 2. The molecule has 88 valence electrons. The minimum Gasteiger partial charge on any atom is -0.496 e. The van der Waals surface area contributed by atoms with Crippen molar-refractivity contribution >= 4 is 27.5 Å². The molecule has 0 spiro atoms. The maximum absolute atomic E-state index is 5.91. The van der Waals surface area contributed by atoms with Crippen LogP contribution in [0, 0.1) is 6.92 Å². The summed E-state index contributed by atoms with van der Waals surface area (Å²) in [6, 6.07) is 7.39. The molecule has 5 heteroatoms. The summed E-state index contributed by atoms with van der Waals surface area (Å²) >= 11 is 9.34. The third-order valence-electron chi connectivity index (χ3n) is 2.23. The van der Waals surface area contributed by atoms with Gasteiger partial charge in [0.25, 0.3) is 0 Å². The Labute approximate surface area is 113 Å². The van der Waals surface area contributed by atoms with Crippen LogP contribution in [-0.4, -0.2) is 17.1 Å². The lowest BCUT2D eigenvalue weighted by molar-refractivity contribution is 0.412. The topological polar surface area (TPSA) is 35.0 Å². The van der Waals surface area contributed by atoms with Crippen LogP contribution in [-0.2, 0) is 0 Å². The van der Waals surface area contributed by atoms with E-state index in [-0.39, 0.29) is 0 Å². The summed E-state index contributed by atoms with van der Waals surface area (Å²) in [7, 11) is 1.62. The smallest absolute Gasteiger partial charge is 0.161 e. The van der Waals surface area contributed by atoms with E-state index in [9.17, 15) is 0 Å². The maximum atomic E-state index is 5.91. The number of halogens is 2. The molecule has 0 fully saturated rings. The largest absolute Gasteiger partial charge is 0.496 e. The molecule has 0 radical (unpaired) electrons. The molecule has 1 aromatic heterocycles. The fourth-order valence-corrected chi connectivity index (χ4v) is 2.24. The predicted molar refractivity (Wildman–Crippen MR) is 71.5 cm³/mol. The minimum absolute atomic E-state index is 0.444. The first-order valence-electron chi connectivity index (χ1n) is 4.95. The van der Waals surface area contributed by atoms with Gasteiger partial charge in [0.15, 0.2) is 5.82 Å². The third kappa shape index (κ3) is 2.76. The summed E-state index contributed by atoms with van der Waals surface area (Å²) in [4.78, 5) is 8.54. The van der Waals surface area contributed by atoms with E-state index in [0.29, 0.717) is 11.0 Å². The van der Waals surface area contributed by atoms with Gasteiger partial charge in [0.1, 0.15) is 10.9 Å². The molecule has 0 N–H and O–H groups in total. The van der Waals surface area contributed by atoms with Crippen LogP contribution in [0.25, 0.3) is 11.4 Å². The molecule has 2 rings (SSSR count). The SMILES string of the molecule is COc1ccc(-c2nc(C)cc(Cl)n2)cc1Br. The van der Waals surface area contributed by atoms with Gasteiger partial charge in [-0.05, 0) is 47.1 Å². The molecule has 0 aliphatic carbocycles. The van der Waals surface area contributed by atoms with E-state index in [4.69, 9.17) is 16.3 Å². The van der Waals surface area contributed by atoms with Crippen molar-refractivity contribution in [2.75, 3.05) is 7.11 Å². The molecule has 0 saturated carbocycles. The molecule has 0 bridgehead atoms. The van der Waals surface area contributed by atoms with Crippen LogP contribution in [0.2, 0.25) is 5.15 Å². The summed E-state index contributed by atoms with van der Waals surface area (Å²) in [5.41, 5.74) is 1.73. The zero-order chi connectivity index (χ0) is 12.4. The number of hydrogen-bond donors (Lipinski definition) is 0. The number of ether oxygens (including phenoxy) is 1. The molecule has 0 saturated heterocycles. The Balaban J connectivity index is 2.49. The third-order valence-corrected chi connectivity index (χ3v) is 3.05. The van der Waals surface area contributed by atoms with Gasteiger partial charge in [-0.1, -0.05) is 11.6 Å². The summed E-state index contributed by atoms with van der Waals surface area (Å²) < 4.78 is 6.03. The van der Waals surface area contributed by atoms with Crippen molar-refractivity contribution in [1.29, 1.82) is 0 Å². The predicted octanol–water partition coefficient (Wildman–Crippen LogP) is 3.88. The highest BCUT2D eigenvalue weighted by Crippen LogP contribution is 2.29. The lowest BCUT2D eigenvalue weighted by atomic mass is 10.2. The Morgan fingerprint density at radius 1 is 1.24 bits per heavy atom. The number of nitrogens with zero attached hydrogens (tertiary/aromatic N) is 2. The maximum Gasteiger partial charge on any atom is 0.161 e. The van der Waals surface area contributed by atoms with E-state index in [1.54, 1.807) is 13.2 Å². The highest BCUT2D eigenvalue weighted by Gasteiger charge is 2.07. The Hall–Kier alpha value is -1.13. The first-order chi connectivity index (χ1) is 8.10. The van der Waals surface area contributed by atoms with E-state index < -0.39 is 0 Å². The van der Waals surface area contributed by atoms with Crippen molar-refractivity contribution in [3.05, 3.63) is 39.6 Å². The number of methoxy groups -OCH3 is 1. The first-order valence-corrected chi connectivity index (χ1v) is 6.12. The molecule has 3 nitrogen and oxygen atoms in total. The van der Waals surface area contributed by atoms with Gasteiger partial charge in [0, 0.05) is 11.3 Å². The Kier molecular flexibility index (Phi) is 3.64. The quantitative estimate of drug-likeness (QED) is 0.789. The molecule has 2 aromatic rings. The average molecular weight is 314 g/mol. The highest BCUT2D eigenvalue weighted by molar-refractivity contribution is 9.10. The van der Waals surface area contributed by atoms with Gasteiger partial charge in [0.2, 0.25) is 0 Å². The second-order valence-corrected chi connectivity index (χ2v) is 4.75.